The molecule has 2 fully saturated rings. The van der Waals surface area contributed by atoms with Crippen molar-refractivity contribution in [2.75, 3.05) is 0 Å². The average Bonchev–Trinajstić information content (AvgIpc) is 3.61. The van der Waals surface area contributed by atoms with E-state index in [-0.39, 0.29) is 23.7 Å². The number of hydrogen-bond donors (Lipinski definition) is 1. The van der Waals surface area contributed by atoms with Crippen LogP contribution in [-0.4, -0.2) is 20.2 Å². The summed E-state index contributed by atoms with van der Waals surface area (Å²) in [6.45, 7) is 0. The number of nitrogens with one attached hydrogen (secondary N) is 1. The molecule has 0 saturated heterocycles. The van der Waals surface area contributed by atoms with Gasteiger partial charge in [0, 0.05) is 18.4 Å². The highest BCUT2D eigenvalue weighted by molar-refractivity contribution is 7.89. The number of benzene rings is 3. The number of rotatable bonds is 7. The van der Waals surface area contributed by atoms with Gasteiger partial charge in [0.15, 0.2) is 0 Å². The quantitative estimate of drug-likeness (QED) is 0.530. The van der Waals surface area contributed by atoms with E-state index in [2.05, 4.69) is 29.0 Å². The van der Waals surface area contributed by atoms with Crippen molar-refractivity contribution >= 4 is 26.6 Å². The summed E-state index contributed by atoms with van der Waals surface area (Å²) in [4.78, 5) is 13.1. The summed E-state index contributed by atoms with van der Waals surface area (Å²) < 4.78 is 28.3. The first-order valence-electron chi connectivity index (χ1n) is 11.6. The predicted octanol–water partition coefficient (Wildman–Crippen LogP) is 5.37. The summed E-state index contributed by atoms with van der Waals surface area (Å²) >= 11 is 0. The van der Waals surface area contributed by atoms with Crippen molar-refractivity contribution in [3.63, 3.8) is 0 Å². The van der Waals surface area contributed by atoms with Crippen molar-refractivity contribution in [2.45, 2.75) is 61.8 Å². The fourth-order valence-corrected chi connectivity index (χ4v) is 6.31. The average molecular weight is 448 g/mol. The molecule has 32 heavy (non-hydrogen) atoms. The summed E-state index contributed by atoms with van der Waals surface area (Å²) in [7, 11) is -3.49. The van der Waals surface area contributed by atoms with E-state index < -0.39 is 10.0 Å². The Morgan fingerprint density at radius 2 is 1.59 bits per heavy atom. The highest BCUT2D eigenvalue weighted by Crippen LogP contribution is 2.48. The Kier molecular flexibility index (Phi) is 5.87. The van der Waals surface area contributed by atoms with Crippen LogP contribution in [0.4, 0.5) is 0 Å². The second kappa shape index (κ2) is 8.80. The molecule has 0 unspecified atom stereocenters. The van der Waals surface area contributed by atoms with Gasteiger partial charge >= 0.3 is 0 Å². The van der Waals surface area contributed by atoms with Crippen LogP contribution in [0.25, 0.3) is 10.8 Å². The monoisotopic (exact) mass is 447 g/mol. The molecular weight excluding hydrogens is 418 g/mol. The predicted molar refractivity (Wildman–Crippen MR) is 127 cm³/mol. The number of ketones is 1. The van der Waals surface area contributed by atoms with Gasteiger partial charge < -0.3 is 0 Å². The second-order valence-corrected chi connectivity index (χ2v) is 11.0. The molecule has 0 bridgehead atoms. The smallest absolute Gasteiger partial charge is 0.240 e. The lowest BCUT2D eigenvalue weighted by atomic mass is 9.96. The number of carbonyl (C=O) groups is 1. The summed E-state index contributed by atoms with van der Waals surface area (Å²) in [5.74, 6) is 0.497. The van der Waals surface area contributed by atoms with Gasteiger partial charge in [0.25, 0.3) is 0 Å². The van der Waals surface area contributed by atoms with Crippen LogP contribution < -0.4 is 4.72 Å². The fraction of sp³-hybridized carbons (Fsp3) is 0.370. The molecule has 1 N–H and O–H groups in total. The SMILES string of the molecule is O=C(Cc1ccc2ccccc2c1)[C@@H]1C[C@H]1c1ccc(S(=O)(=O)NC2CCCCC2)cc1. The van der Waals surface area contributed by atoms with Gasteiger partial charge in [-0.05, 0) is 59.2 Å². The van der Waals surface area contributed by atoms with E-state index in [0.717, 1.165) is 48.6 Å². The third-order valence-electron chi connectivity index (χ3n) is 6.94. The number of carbonyl (C=O) groups excluding carboxylic acids is 1. The van der Waals surface area contributed by atoms with E-state index in [4.69, 9.17) is 0 Å². The molecule has 0 amide bonds. The fourth-order valence-electron chi connectivity index (χ4n) is 5.00. The first kappa shape index (κ1) is 21.4. The van der Waals surface area contributed by atoms with Crippen molar-refractivity contribution in [1.82, 2.24) is 4.72 Å². The van der Waals surface area contributed by atoms with E-state index >= 15 is 0 Å². The first-order valence-corrected chi connectivity index (χ1v) is 13.1. The normalized spacial score (nSPS) is 21.5. The number of fused-ring (bicyclic) bond motifs is 1. The van der Waals surface area contributed by atoms with Crippen molar-refractivity contribution in [2.24, 2.45) is 5.92 Å². The Labute approximate surface area is 190 Å². The highest BCUT2D eigenvalue weighted by Gasteiger charge is 2.43. The summed E-state index contributed by atoms with van der Waals surface area (Å²) in [6, 6.07) is 21.6. The highest BCUT2D eigenvalue weighted by atomic mass is 32.2. The van der Waals surface area contributed by atoms with E-state index in [0.29, 0.717) is 11.3 Å². The van der Waals surface area contributed by atoms with Crippen molar-refractivity contribution in [3.05, 3.63) is 77.9 Å². The minimum Gasteiger partial charge on any atom is -0.299 e. The Balaban J connectivity index is 1.21. The zero-order valence-corrected chi connectivity index (χ0v) is 19.0. The Morgan fingerprint density at radius 3 is 2.34 bits per heavy atom. The third kappa shape index (κ3) is 4.64. The summed E-state index contributed by atoms with van der Waals surface area (Å²) in [6.07, 6.45) is 6.49. The first-order chi connectivity index (χ1) is 15.5. The molecule has 3 aromatic carbocycles. The van der Waals surface area contributed by atoms with E-state index in [9.17, 15) is 13.2 Å². The van der Waals surface area contributed by atoms with Gasteiger partial charge in [-0.3, -0.25) is 4.79 Å². The lowest BCUT2D eigenvalue weighted by Gasteiger charge is -2.22. The van der Waals surface area contributed by atoms with Gasteiger partial charge in [0.2, 0.25) is 10.0 Å². The molecule has 166 valence electrons. The standard InChI is InChI=1S/C27H29NO3S/c29-27(17-19-10-11-20-6-4-5-7-22(20)16-19)26-18-25(26)21-12-14-24(15-13-21)32(30,31)28-23-8-2-1-3-9-23/h4-7,10-16,23,25-26,28H,1-3,8-9,17-18H2/t25-,26+/m0/s1. The minimum atomic E-state index is -3.49. The molecule has 0 radical (unpaired) electrons. The van der Waals surface area contributed by atoms with Gasteiger partial charge in [0.1, 0.15) is 5.78 Å². The van der Waals surface area contributed by atoms with Gasteiger partial charge in [-0.25, -0.2) is 13.1 Å². The summed E-state index contributed by atoms with van der Waals surface area (Å²) in [5.41, 5.74) is 2.10. The van der Waals surface area contributed by atoms with Crippen LogP contribution in [-0.2, 0) is 21.2 Å². The lowest BCUT2D eigenvalue weighted by molar-refractivity contribution is -0.119. The third-order valence-corrected chi connectivity index (χ3v) is 8.48. The van der Waals surface area contributed by atoms with Crippen molar-refractivity contribution in [1.29, 1.82) is 0 Å². The molecule has 5 rings (SSSR count). The van der Waals surface area contributed by atoms with Crippen molar-refractivity contribution in [3.8, 4) is 0 Å². The number of hydrogen-bond acceptors (Lipinski definition) is 3. The van der Waals surface area contributed by atoms with Gasteiger partial charge in [-0.1, -0.05) is 73.9 Å². The Morgan fingerprint density at radius 1 is 0.875 bits per heavy atom. The minimum absolute atomic E-state index is 0.0318. The van der Waals surface area contributed by atoms with Crippen LogP contribution in [0, 0.1) is 5.92 Å². The zero-order valence-electron chi connectivity index (χ0n) is 18.2. The molecule has 0 spiro atoms. The molecule has 2 aliphatic carbocycles. The van der Waals surface area contributed by atoms with Gasteiger partial charge in [-0.15, -0.1) is 0 Å². The maximum Gasteiger partial charge on any atom is 0.240 e. The van der Waals surface area contributed by atoms with Crippen LogP contribution in [0.2, 0.25) is 0 Å². The Hall–Kier alpha value is -2.50. The largest absolute Gasteiger partial charge is 0.299 e. The molecule has 2 saturated carbocycles. The molecular formula is C27H29NO3S. The molecule has 4 nitrogen and oxygen atoms in total. The number of sulfonamides is 1. The second-order valence-electron chi connectivity index (χ2n) is 9.30. The number of Topliss-reactive ketones (excluding diaryl/α,β-unsaturated/α-hetero) is 1. The van der Waals surface area contributed by atoms with Gasteiger partial charge in [-0.2, -0.15) is 0 Å². The molecule has 0 aliphatic heterocycles. The lowest BCUT2D eigenvalue weighted by Crippen LogP contribution is -2.36. The van der Waals surface area contributed by atoms with Crippen LogP contribution in [0.5, 0.6) is 0 Å². The maximum absolute atomic E-state index is 12.8. The topological polar surface area (TPSA) is 63.2 Å². The van der Waals surface area contributed by atoms with Crippen molar-refractivity contribution < 1.29 is 13.2 Å². The molecule has 0 heterocycles. The van der Waals surface area contributed by atoms with E-state index in [1.54, 1.807) is 12.1 Å². The summed E-state index contributed by atoms with van der Waals surface area (Å²) in [5, 5.41) is 2.34. The molecule has 3 aromatic rings. The van der Waals surface area contributed by atoms with Crippen LogP contribution >= 0.6 is 0 Å². The van der Waals surface area contributed by atoms with Crippen LogP contribution in [0.1, 0.15) is 55.6 Å². The van der Waals surface area contributed by atoms with E-state index in [1.807, 2.05) is 30.3 Å². The maximum atomic E-state index is 12.8. The molecule has 2 atom stereocenters. The molecule has 2 aliphatic rings. The molecule has 0 aromatic heterocycles. The van der Waals surface area contributed by atoms with Gasteiger partial charge in [0.05, 0.1) is 4.90 Å². The molecule has 5 heteroatoms. The Bertz CT molecular complexity index is 1230. The van der Waals surface area contributed by atoms with Crippen LogP contribution in [0.15, 0.2) is 71.6 Å². The zero-order chi connectivity index (χ0) is 22.1. The van der Waals surface area contributed by atoms with E-state index in [1.165, 1.54) is 11.8 Å². The van der Waals surface area contributed by atoms with Crippen LogP contribution in [0.3, 0.4) is 0 Å².